The topological polar surface area (TPSA) is 67.8 Å². The van der Waals surface area contributed by atoms with Crippen LogP contribution in [0, 0.1) is 4.77 Å². The van der Waals surface area contributed by atoms with Gasteiger partial charge in [-0.1, -0.05) is 41.9 Å². The van der Waals surface area contributed by atoms with Crippen molar-refractivity contribution in [1.82, 2.24) is 19.9 Å². The van der Waals surface area contributed by atoms with Crippen LogP contribution in [0.5, 0.6) is 5.75 Å². The molecule has 0 saturated heterocycles. The number of aromatic amines is 1. The third-order valence-corrected chi connectivity index (χ3v) is 4.84. The van der Waals surface area contributed by atoms with Crippen molar-refractivity contribution in [1.29, 1.82) is 0 Å². The number of rotatable bonds is 7. The summed E-state index contributed by atoms with van der Waals surface area (Å²) in [6.07, 6.45) is 3.44. The van der Waals surface area contributed by atoms with Crippen LogP contribution in [-0.4, -0.2) is 19.9 Å². The molecule has 0 saturated carbocycles. The smallest absolute Gasteiger partial charge is 0.214 e. The minimum absolute atomic E-state index is 0.460. The van der Waals surface area contributed by atoms with Crippen LogP contribution in [0.2, 0.25) is 5.02 Å². The highest BCUT2D eigenvalue weighted by molar-refractivity contribution is 7.71. The Kier molecular flexibility index (Phi) is 5.88. The monoisotopic (exact) mass is 423 g/mol. The van der Waals surface area contributed by atoms with Crippen LogP contribution in [-0.2, 0) is 13.2 Å². The van der Waals surface area contributed by atoms with Crippen molar-refractivity contribution in [3.8, 4) is 17.1 Å². The number of ether oxygens (including phenoxy) is 1. The molecule has 29 heavy (non-hydrogen) atoms. The van der Waals surface area contributed by atoms with Crippen molar-refractivity contribution >= 4 is 23.8 Å². The number of nitrogens with one attached hydrogen (secondary N) is 2. The molecule has 0 unspecified atom stereocenters. The summed E-state index contributed by atoms with van der Waals surface area (Å²) >= 11 is 11.3. The van der Waals surface area contributed by atoms with Crippen molar-refractivity contribution < 1.29 is 4.74 Å². The zero-order valence-electron chi connectivity index (χ0n) is 15.4. The molecular weight excluding hydrogens is 406 g/mol. The Balaban J connectivity index is 1.49. The van der Waals surface area contributed by atoms with Crippen LogP contribution >= 0.6 is 23.8 Å². The van der Waals surface area contributed by atoms with Gasteiger partial charge in [-0.05, 0) is 48.1 Å². The van der Waals surface area contributed by atoms with Gasteiger partial charge in [0.1, 0.15) is 12.4 Å². The highest BCUT2D eigenvalue weighted by Crippen LogP contribution is 2.21. The van der Waals surface area contributed by atoms with Gasteiger partial charge >= 0.3 is 0 Å². The third kappa shape index (κ3) is 4.64. The molecule has 0 fully saturated rings. The Morgan fingerprint density at radius 1 is 1.03 bits per heavy atom. The number of hydrogen-bond acceptors (Lipinski definition) is 5. The van der Waals surface area contributed by atoms with E-state index < -0.39 is 0 Å². The fourth-order valence-corrected chi connectivity index (χ4v) is 3.16. The summed E-state index contributed by atoms with van der Waals surface area (Å²) in [6, 6.07) is 19.3. The molecule has 0 aliphatic carbocycles. The summed E-state index contributed by atoms with van der Waals surface area (Å²) in [5.74, 6) is 1.49. The van der Waals surface area contributed by atoms with E-state index in [9.17, 15) is 0 Å². The number of pyridine rings is 1. The molecule has 0 radical (unpaired) electrons. The number of halogens is 1. The van der Waals surface area contributed by atoms with Crippen LogP contribution in [0.3, 0.4) is 0 Å². The van der Waals surface area contributed by atoms with E-state index in [0.29, 0.717) is 28.8 Å². The molecule has 0 spiro atoms. The predicted molar refractivity (Wildman–Crippen MR) is 116 cm³/mol. The van der Waals surface area contributed by atoms with E-state index in [1.54, 1.807) is 17.1 Å². The molecule has 2 aromatic heterocycles. The lowest BCUT2D eigenvalue weighted by molar-refractivity contribution is 0.303. The molecule has 2 heterocycles. The number of hydrogen-bond donors (Lipinski definition) is 2. The molecule has 0 aliphatic rings. The van der Waals surface area contributed by atoms with E-state index in [1.807, 2.05) is 60.7 Å². The fourth-order valence-electron chi connectivity index (χ4n) is 2.83. The lowest BCUT2D eigenvalue weighted by Gasteiger charge is -2.14. The third-order valence-electron chi connectivity index (χ3n) is 4.32. The molecule has 4 aromatic rings. The Labute approximate surface area is 178 Å². The zero-order valence-corrected chi connectivity index (χ0v) is 17.0. The van der Waals surface area contributed by atoms with E-state index in [2.05, 4.69) is 20.6 Å². The van der Waals surface area contributed by atoms with Crippen molar-refractivity contribution in [2.24, 2.45) is 0 Å². The lowest BCUT2D eigenvalue weighted by Crippen LogP contribution is -2.16. The summed E-state index contributed by atoms with van der Waals surface area (Å²) in [4.78, 5) is 4.05. The van der Waals surface area contributed by atoms with E-state index in [1.165, 1.54) is 0 Å². The van der Waals surface area contributed by atoms with Gasteiger partial charge in [-0.25, -0.2) is 9.77 Å². The maximum atomic E-state index is 6.03. The van der Waals surface area contributed by atoms with Gasteiger partial charge in [-0.2, -0.15) is 5.10 Å². The predicted octanol–water partition coefficient (Wildman–Crippen LogP) is 4.98. The Bertz CT molecular complexity index is 1140. The van der Waals surface area contributed by atoms with Gasteiger partial charge in [0.15, 0.2) is 5.82 Å². The number of H-pyrrole nitrogens is 1. The molecule has 8 heteroatoms. The largest absolute Gasteiger partial charge is 0.489 e. The molecule has 2 N–H and O–H groups in total. The first-order chi connectivity index (χ1) is 14.2. The van der Waals surface area contributed by atoms with Crippen molar-refractivity contribution in [3.05, 3.63) is 94.0 Å². The van der Waals surface area contributed by atoms with E-state index in [-0.39, 0.29) is 0 Å². The molecule has 2 aromatic carbocycles. The van der Waals surface area contributed by atoms with E-state index in [4.69, 9.17) is 28.6 Å². The van der Waals surface area contributed by atoms with Crippen LogP contribution < -0.4 is 10.2 Å². The molecule has 0 bridgehead atoms. The zero-order chi connectivity index (χ0) is 20.1. The van der Waals surface area contributed by atoms with Gasteiger partial charge < -0.3 is 10.2 Å². The van der Waals surface area contributed by atoms with Crippen molar-refractivity contribution in [3.63, 3.8) is 0 Å². The van der Waals surface area contributed by atoms with Crippen molar-refractivity contribution in [2.45, 2.75) is 13.2 Å². The first-order valence-electron chi connectivity index (χ1n) is 8.97. The molecule has 4 rings (SSSR count). The maximum Gasteiger partial charge on any atom is 0.214 e. The van der Waals surface area contributed by atoms with Crippen LogP contribution in [0.1, 0.15) is 11.1 Å². The molecule has 6 nitrogen and oxygen atoms in total. The number of aromatic nitrogens is 4. The maximum absolute atomic E-state index is 6.03. The average molecular weight is 424 g/mol. The standard InChI is InChI=1S/C21H18ClN5OS/c22-18-7-5-15(6-8-18)14-28-19-4-2-1-3-17(19)13-24-27-20(25-26-21(27)29)16-9-11-23-12-10-16/h1-12,24H,13-14H2,(H,26,29). The normalized spacial score (nSPS) is 10.7. The second kappa shape index (κ2) is 8.89. The van der Waals surface area contributed by atoms with Crippen LogP contribution in [0.15, 0.2) is 73.1 Å². The summed E-state index contributed by atoms with van der Waals surface area (Å²) in [7, 11) is 0. The molecule has 0 atom stereocenters. The lowest BCUT2D eigenvalue weighted by atomic mass is 10.2. The highest BCUT2D eigenvalue weighted by Gasteiger charge is 2.10. The molecule has 0 aliphatic heterocycles. The Morgan fingerprint density at radius 2 is 1.79 bits per heavy atom. The molecule has 0 amide bonds. The summed E-state index contributed by atoms with van der Waals surface area (Å²) < 4.78 is 8.26. The Morgan fingerprint density at radius 3 is 2.59 bits per heavy atom. The first-order valence-corrected chi connectivity index (χ1v) is 9.76. The van der Waals surface area contributed by atoms with E-state index in [0.717, 1.165) is 22.4 Å². The van der Waals surface area contributed by atoms with Crippen molar-refractivity contribution in [2.75, 3.05) is 5.43 Å². The minimum atomic E-state index is 0.460. The van der Waals surface area contributed by atoms with Crippen LogP contribution in [0.25, 0.3) is 11.4 Å². The van der Waals surface area contributed by atoms with Gasteiger partial charge in [0.05, 0.1) is 6.54 Å². The SMILES string of the molecule is S=c1[nH]nc(-c2ccncc2)n1NCc1ccccc1OCc1ccc(Cl)cc1. The fraction of sp³-hybridized carbons (Fsp3) is 0.0952. The van der Waals surface area contributed by atoms with Gasteiger partial charge in [0.25, 0.3) is 0 Å². The summed E-state index contributed by atoms with van der Waals surface area (Å²) in [6.45, 7) is 0.976. The van der Waals surface area contributed by atoms with E-state index >= 15 is 0 Å². The second-order valence-corrected chi connectivity index (χ2v) is 7.10. The Hall–Kier alpha value is -3.16. The summed E-state index contributed by atoms with van der Waals surface area (Å²) in [5.41, 5.74) is 6.29. The van der Waals surface area contributed by atoms with Gasteiger partial charge in [-0.3, -0.25) is 4.98 Å². The number of para-hydroxylation sites is 1. The summed E-state index contributed by atoms with van der Waals surface area (Å²) in [5, 5.41) is 7.85. The number of nitrogens with zero attached hydrogens (tertiary/aromatic N) is 3. The average Bonchev–Trinajstić information content (AvgIpc) is 3.13. The quantitative estimate of drug-likeness (QED) is 0.410. The second-order valence-electron chi connectivity index (χ2n) is 6.28. The van der Waals surface area contributed by atoms with Gasteiger partial charge in [0.2, 0.25) is 4.77 Å². The van der Waals surface area contributed by atoms with Crippen LogP contribution in [0.4, 0.5) is 0 Å². The molecule has 146 valence electrons. The first kappa shape index (κ1) is 19.2. The minimum Gasteiger partial charge on any atom is -0.489 e. The number of benzene rings is 2. The highest BCUT2D eigenvalue weighted by atomic mass is 35.5. The van der Waals surface area contributed by atoms with Gasteiger partial charge in [0, 0.05) is 28.5 Å². The van der Waals surface area contributed by atoms with Gasteiger partial charge in [-0.15, -0.1) is 0 Å². The molecular formula is C21H18ClN5OS.